The van der Waals surface area contributed by atoms with Gasteiger partial charge in [-0.25, -0.2) is 13.0 Å². The summed E-state index contributed by atoms with van der Waals surface area (Å²) in [5.74, 6) is 0. The van der Waals surface area contributed by atoms with Crippen LogP contribution in [-0.4, -0.2) is 19.2 Å². The van der Waals surface area contributed by atoms with Gasteiger partial charge < -0.3 is 4.55 Å². The molecule has 4 nitrogen and oxygen atoms in total. The van der Waals surface area contributed by atoms with E-state index in [-0.39, 0.29) is 0 Å². The summed E-state index contributed by atoms with van der Waals surface area (Å²) in [4.78, 5) is 0. The smallest absolute Gasteiger partial charge is 0.181 e. The Balaban J connectivity index is 0.00000110. The maximum absolute atomic E-state index is 9.08. The minimum Gasteiger partial charge on any atom is -0.748 e. The van der Waals surface area contributed by atoms with Gasteiger partial charge in [-0.1, -0.05) is 71.3 Å². The molecule has 0 saturated heterocycles. The summed E-state index contributed by atoms with van der Waals surface area (Å²) >= 11 is 0. The maximum Gasteiger partial charge on any atom is 0.181 e. The van der Waals surface area contributed by atoms with Gasteiger partial charge in [-0.15, -0.1) is 0 Å². The Hall–Kier alpha value is -0.940. The van der Waals surface area contributed by atoms with Crippen molar-refractivity contribution in [3.05, 3.63) is 30.1 Å². The van der Waals surface area contributed by atoms with Crippen molar-refractivity contribution in [2.75, 3.05) is 6.26 Å². The second kappa shape index (κ2) is 16.2. The number of hydrogen-bond acceptors (Lipinski definition) is 3. The number of pyridine rings is 1. The van der Waals surface area contributed by atoms with E-state index in [4.69, 9.17) is 13.0 Å². The SMILES string of the molecule is CCCCCCCCCCCC[n+]1ccccc1CCC.CS(=O)(=O)[O-]. The van der Waals surface area contributed by atoms with Gasteiger partial charge in [0.2, 0.25) is 0 Å². The Morgan fingerprint density at radius 2 is 1.35 bits per heavy atom. The second-order valence-corrected chi connectivity index (χ2v) is 8.43. The van der Waals surface area contributed by atoms with Gasteiger partial charge in [0.05, 0.1) is 10.1 Å². The molecule has 0 aliphatic heterocycles. The van der Waals surface area contributed by atoms with Crippen molar-refractivity contribution in [1.82, 2.24) is 0 Å². The lowest BCUT2D eigenvalue weighted by Gasteiger charge is -2.04. The Morgan fingerprint density at radius 1 is 0.846 bits per heavy atom. The zero-order valence-electron chi connectivity index (χ0n) is 17.1. The van der Waals surface area contributed by atoms with Gasteiger partial charge in [-0.2, -0.15) is 0 Å². The van der Waals surface area contributed by atoms with Crippen LogP contribution in [0.5, 0.6) is 0 Å². The van der Waals surface area contributed by atoms with Gasteiger partial charge >= 0.3 is 0 Å². The highest BCUT2D eigenvalue weighted by molar-refractivity contribution is 7.84. The monoisotopic (exact) mass is 385 g/mol. The predicted octanol–water partition coefficient (Wildman–Crippen LogP) is 5.01. The molecule has 0 atom stereocenters. The van der Waals surface area contributed by atoms with Gasteiger partial charge in [0.15, 0.2) is 11.9 Å². The first-order valence-corrected chi connectivity index (χ1v) is 12.1. The molecule has 0 aliphatic carbocycles. The lowest BCUT2D eigenvalue weighted by molar-refractivity contribution is -0.704. The molecule has 0 bridgehead atoms. The molecule has 1 aromatic heterocycles. The van der Waals surface area contributed by atoms with Gasteiger partial charge in [-0.3, -0.25) is 0 Å². The molecule has 0 spiro atoms. The molecule has 0 saturated carbocycles. The first-order valence-electron chi connectivity index (χ1n) is 10.3. The van der Waals surface area contributed by atoms with E-state index in [1.807, 2.05) is 0 Å². The highest BCUT2D eigenvalue weighted by Crippen LogP contribution is 2.10. The zero-order chi connectivity index (χ0) is 19.7. The third-order valence-corrected chi connectivity index (χ3v) is 4.29. The molecule has 0 radical (unpaired) electrons. The van der Waals surface area contributed by atoms with Crippen LogP contribution in [0.4, 0.5) is 0 Å². The van der Waals surface area contributed by atoms with Crippen LogP contribution in [0.15, 0.2) is 24.4 Å². The van der Waals surface area contributed by atoms with Crippen LogP contribution >= 0.6 is 0 Å². The highest BCUT2D eigenvalue weighted by Gasteiger charge is 2.07. The van der Waals surface area contributed by atoms with E-state index >= 15 is 0 Å². The molecule has 0 unspecified atom stereocenters. The summed E-state index contributed by atoms with van der Waals surface area (Å²) in [5.41, 5.74) is 1.50. The summed E-state index contributed by atoms with van der Waals surface area (Å²) in [7, 11) is -3.92. The van der Waals surface area contributed by atoms with E-state index in [1.54, 1.807) is 0 Å². The standard InChI is InChI=1S/C20H36N.CH4O3S/c1-3-5-6-7-8-9-10-11-12-14-18-21-19-15-13-17-20(21)16-4-2;1-5(2,3)4/h13,15,17,19H,3-12,14,16,18H2,1-2H3;1H3,(H,2,3,4)/q+1;/p-1. The molecular weight excluding hydrogens is 346 g/mol. The summed E-state index contributed by atoms with van der Waals surface area (Å²) in [6, 6.07) is 6.61. The Kier molecular flexibility index (Phi) is 15.7. The van der Waals surface area contributed by atoms with E-state index < -0.39 is 10.1 Å². The fourth-order valence-electron chi connectivity index (χ4n) is 2.98. The van der Waals surface area contributed by atoms with Gasteiger partial charge in [0, 0.05) is 31.2 Å². The third-order valence-electron chi connectivity index (χ3n) is 4.29. The Labute approximate surface area is 161 Å². The molecule has 5 heteroatoms. The third kappa shape index (κ3) is 17.9. The van der Waals surface area contributed by atoms with Crippen molar-refractivity contribution >= 4 is 10.1 Å². The molecule has 0 aliphatic rings. The van der Waals surface area contributed by atoms with E-state index in [0.29, 0.717) is 6.26 Å². The molecule has 1 rings (SSSR count). The fourth-order valence-corrected chi connectivity index (χ4v) is 2.98. The van der Waals surface area contributed by atoms with Gasteiger partial charge in [0.1, 0.15) is 6.54 Å². The molecule has 1 aromatic rings. The molecule has 1 heterocycles. The molecule has 0 amide bonds. The largest absolute Gasteiger partial charge is 0.748 e. The minimum absolute atomic E-state index is 0.604. The van der Waals surface area contributed by atoms with Crippen LogP contribution in [0.3, 0.4) is 0 Å². The first kappa shape index (κ1) is 25.1. The zero-order valence-corrected chi connectivity index (χ0v) is 17.9. The van der Waals surface area contributed by atoms with Gasteiger partial charge in [-0.05, 0) is 12.8 Å². The molecule has 0 aromatic carbocycles. The van der Waals surface area contributed by atoms with Crippen LogP contribution in [-0.2, 0) is 23.1 Å². The van der Waals surface area contributed by atoms with E-state index in [1.165, 1.54) is 89.3 Å². The average molecular weight is 386 g/mol. The molecule has 0 fully saturated rings. The maximum atomic E-state index is 9.08. The molecule has 152 valence electrons. The van der Waals surface area contributed by atoms with Crippen LogP contribution in [0.1, 0.15) is 90.2 Å². The number of rotatable bonds is 13. The summed E-state index contributed by atoms with van der Waals surface area (Å²) in [5, 5.41) is 0. The fraction of sp³-hybridized carbons (Fsp3) is 0.762. The summed E-state index contributed by atoms with van der Waals surface area (Å²) in [6.07, 6.45) is 19.5. The quantitative estimate of drug-likeness (QED) is 0.272. The van der Waals surface area contributed by atoms with Crippen molar-refractivity contribution in [2.24, 2.45) is 0 Å². The van der Waals surface area contributed by atoms with Crippen LogP contribution in [0.25, 0.3) is 0 Å². The molecule has 26 heavy (non-hydrogen) atoms. The summed E-state index contributed by atoms with van der Waals surface area (Å²) < 4.78 is 29.7. The van der Waals surface area contributed by atoms with Crippen LogP contribution in [0.2, 0.25) is 0 Å². The van der Waals surface area contributed by atoms with E-state index in [0.717, 1.165) is 0 Å². The summed E-state index contributed by atoms with van der Waals surface area (Å²) in [6.45, 7) is 5.75. The van der Waals surface area contributed by atoms with Crippen LogP contribution in [0, 0.1) is 0 Å². The normalized spacial score (nSPS) is 11.1. The number of aromatic nitrogens is 1. The molecule has 0 N–H and O–H groups in total. The van der Waals surface area contributed by atoms with Crippen molar-refractivity contribution in [2.45, 2.75) is 97.4 Å². The predicted molar refractivity (Wildman–Crippen MR) is 108 cm³/mol. The average Bonchev–Trinajstić information content (AvgIpc) is 2.57. The first-order chi connectivity index (χ1) is 12.4. The number of aryl methyl sites for hydroxylation is 2. The number of unbranched alkanes of at least 4 members (excludes halogenated alkanes) is 9. The van der Waals surface area contributed by atoms with Crippen molar-refractivity contribution in [3.63, 3.8) is 0 Å². The van der Waals surface area contributed by atoms with Crippen molar-refractivity contribution in [1.29, 1.82) is 0 Å². The Morgan fingerprint density at radius 3 is 1.85 bits per heavy atom. The van der Waals surface area contributed by atoms with Crippen molar-refractivity contribution in [3.8, 4) is 0 Å². The van der Waals surface area contributed by atoms with E-state index in [9.17, 15) is 0 Å². The topological polar surface area (TPSA) is 61.1 Å². The lowest BCUT2D eigenvalue weighted by Crippen LogP contribution is -2.37. The van der Waals surface area contributed by atoms with Crippen molar-refractivity contribution < 1.29 is 17.5 Å². The Bertz CT molecular complexity index is 536. The lowest BCUT2D eigenvalue weighted by atomic mass is 10.1. The highest BCUT2D eigenvalue weighted by atomic mass is 32.2. The number of nitrogens with zero attached hydrogens (tertiary/aromatic N) is 1. The molecular formula is C21H39NO3S. The van der Waals surface area contributed by atoms with E-state index in [2.05, 4.69) is 42.8 Å². The second-order valence-electron chi connectivity index (χ2n) is 7.02. The minimum atomic E-state index is -3.92. The number of hydrogen-bond donors (Lipinski definition) is 0. The van der Waals surface area contributed by atoms with Gasteiger partial charge in [0.25, 0.3) is 0 Å². The van der Waals surface area contributed by atoms with Crippen LogP contribution < -0.4 is 4.57 Å².